The SMILES string of the molecule is CNC(=O)CNC(=O)COC(=O)/C=C/c1cccc(C(F)(F)F)c1. The third-order valence-corrected chi connectivity index (χ3v) is 2.70. The number of rotatable bonds is 6. The molecule has 1 aromatic carbocycles. The lowest BCUT2D eigenvalue weighted by Crippen LogP contribution is -2.37. The highest BCUT2D eigenvalue weighted by molar-refractivity contribution is 5.90. The van der Waals surface area contributed by atoms with Gasteiger partial charge in [-0.25, -0.2) is 4.79 Å². The number of halogens is 3. The number of ether oxygens (including phenoxy) is 1. The van der Waals surface area contributed by atoms with Crippen molar-refractivity contribution in [2.45, 2.75) is 6.18 Å². The van der Waals surface area contributed by atoms with Gasteiger partial charge in [-0.05, 0) is 23.8 Å². The van der Waals surface area contributed by atoms with Crippen LogP contribution in [0.1, 0.15) is 11.1 Å². The lowest BCUT2D eigenvalue weighted by atomic mass is 10.1. The van der Waals surface area contributed by atoms with Crippen molar-refractivity contribution in [1.82, 2.24) is 10.6 Å². The molecule has 0 aromatic heterocycles. The summed E-state index contributed by atoms with van der Waals surface area (Å²) in [4.78, 5) is 33.6. The standard InChI is InChI=1S/C15H15F3N2O4/c1-19-12(21)8-20-13(22)9-24-14(23)6-5-10-3-2-4-11(7-10)15(16,17)18/h2-7H,8-9H2,1H3,(H,19,21)(H,20,22)/b6-5+. The van der Waals surface area contributed by atoms with E-state index in [1.807, 2.05) is 0 Å². The van der Waals surface area contributed by atoms with Gasteiger partial charge >= 0.3 is 12.1 Å². The summed E-state index contributed by atoms with van der Waals surface area (Å²) in [5, 5.41) is 4.50. The van der Waals surface area contributed by atoms with Crippen molar-refractivity contribution in [2.75, 3.05) is 20.2 Å². The van der Waals surface area contributed by atoms with Crippen molar-refractivity contribution in [1.29, 1.82) is 0 Å². The van der Waals surface area contributed by atoms with Crippen LogP contribution < -0.4 is 10.6 Å². The molecule has 1 aromatic rings. The fraction of sp³-hybridized carbons (Fsp3) is 0.267. The summed E-state index contributed by atoms with van der Waals surface area (Å²) in [5.74, 6) is -2.00. The molecule has 0 heterocycles. The highest BCUT2D eigenvalue weighted by Crippen LogP contribution is 2.29. The average molecular weight is 344 g/mol. The Balaban J connectivity index is 2.49. The topological polar surface area (TPSA) is 84.5 Å². The Bertz CT molecular complexity index is 642. The summed E-state index contributed by atoms with van der Waals surface area (Å²) in [6.07, 6.45) is -2.44. The van der Waals surface area contributed by atoms with E-state index < -0.39 is 36.1 Å². The molecule has 2 amide bonds. The molecular weight excluding hydrogens is 329 g/mol. The molecule has 6 nitrogen and oxygen atoms in total. The highest BCUT2D eigenvalue weighted by Gasteiger charge is 2.30. The molecule has 0 aliphatic carbocycles. The lowest BCUT2D eigenvalue weighted by molar-refractivity contribution is -0.143. The van der Waals surface area contributed by atoms with Gasteiger partial charge in [-0.15, -0.1) is 0 Å². The van der Waals surface area contributed by atoms with Gasteiger partial charge in [-0.1, -0.05) is 12.1 Å². The zero-order valence-electron chi connectivity index (χ0n) is 12.6. The van der Waals surface area contributed by atoms with E-state index in [1.54, 1.807) is 0 Å². The first-order valence-electron chi connectivity index (χ1n) is 6.71. The van der Waals surface area contributed by atoms with Crippen molar-refractivity contribution in [3.05, 3.63) is 41.5 Å². The molecule has 0 fully saturated rings. The molecule has 0 saturated carbocycles. The highest BCUT2D eigenvalue weighted by atomic mass is 19.4. The van der Waals surface area contributed by atoms with E-state index in [0.29, 0.717) is 0 Å². The number of amides is 2. The Morgan fingerprint density at radius 1 is 1.21 bits per heavy atom. The Kier molecular flexibility index (Phi) is 6.97. The molecule has 1 rings (SSSR count). The van der Waals surface area contributed by atoms with Crippen LogP contribution in [0.3, 0.4) is 0 Å². The maximum Gasteiger partial charge on any atom is 0.416 e. The number of nitrogens with one attached hydrogen (secondary N) is 2. The largest absolute Gasteiger partial charge is 0.452 e. The van der Waals surface area contributed by atoms with Crippen LogP contribution in [0.25, 0.3) is 6.08 Å². The van der Waals surface area contributed by atoms with Gasteiger partial charge < -0.3 is 15.4 Å². The monoisotopic (exact) mass is 344 g/mol. The molecule has 2 N–H and O–H groups in total. The Hall–Kier alpha value is -2.84. The van der Waals surface area contributed by atoms with E-state index in [-0.39, 0.29) is 12.1 Å². The molecule has 0 aliphatic rings. The lowest BCUT2D eigenvalue weighted by Gasteiger charge is -2.06. The van der Waals surface area contributed by atoms with Crippen molar-refractivity contribution < 1.29 is 32.3 Å². The van der Waals surface area contributed by atoms with Crippen LogP contribution in [-0.4, -0.2) is 38.0 Å². The molecular formula is C15H15F3N2O4. The number of alkyl halides is 3. The third-order valence-electron chi connectivity index (χ3n) is 2.70. The van der Waals surface area contributed by atoms with Crippen LogP contribution in [-0.2, 0) is 25.3 Å². The predicted octanol–water partition coefficient (Wildman–Crippen LogP) is 1.12. The van der Waals surface area contributed by atoms with Crippen molar-refractivity contribution in [3.8, 4) is 0 Å². The van der Waals surface area contributed by atoms with Crippen LogP contribution in [0.4, 0.5) is 13.2 Å². The van der Waals surface area contributed by atoms with Gasteiger partial charge in [0.05, 0.1) is 12.1 Å². The summed E-state index contributed by atoms with van der Waals surface area (Å²) in [6, 6.07) is 4.38. The van der Waals surface area contributed by atoms with Gasteiger partial charge in [0.2, 0.25) is 5.91 Å². The maximum atomic E-state index is 12.5. The summed E-state index contributed by atoms with van der Waals surface area (Å²) < 4.78 is 42.2. The smallest absolute Gasteiger partial charge is 0.416 e. The summed E-state index contributed by atoms with van der Waals surface area (Å²) in [5.41, 5.74) is -0.683. The van der Waals surface area contributed by atoms with Gasteiger partial charge in [0, 0.05) is 13.1 Å². The Morgan fingerprint density at radius 2 is 1.92 bits per heavy atom. The number of likely N-dealkylation sites (N-methyl/N-ethyl adjacent to an activating group) is 1. The number of esters is 1. The fourth-order valence-electron chi connectivity index (χ4n) is 1.49. The summed E-state index contributed by atoms with van der Waals surface area (Å²) >= 11 is 0. The normalized spacial score (nSPS) is 11.2. The van der Waals surface area contributed by atoms with E-state index in [0.717, 1.165) is 24.3 Å². The van der Waals surface area contributed by atoms with Crippen LogP contribution in [0, 0.1) is 0 Å². The second kappa shape index (κ2) is 8.70. The number of carbonyl (C=O) groups is 3. The average Bonchev–Trinajstić information content (AvgIpc) is 2.55. The Labute approximate surface area is 135 Å². The minimum atomic E-state index is -4.48. The molecule has 9 heteroatoms. The van der Waals surface area contributed by atoms with Gasteiger partial charge in [-0.2, -0.15) is 13.2 Å². The van der Waals surface area contributed by atoms with Crippen molar-refractivity contribution >= 4 is 23.9 Å². The second-order valence-electron chi connectivity index (χ2n) is 4.51. The predicted molar refractivity (Wildman–Crippen MR) is 78.5 cm³/mol. The van der Waals surface area contributed by atoms with E-state index in [9.17, 15) is 27.6 Å². The van der Waals surface area contributed by atoms with Gasteiger partial charge in [-0.3, -0.25) is 9.59 Å². The molecule has 0 bridgehead atoms. The first kappa shape index (κ1) is 19.2. The zero-order valence-corrected chi connectivity index (χ0v) is 12.6. The van der Waals surface area contributed by atoms with E-state index in [4.69, 9.17) is 0 Å². The molecule has 130 valence electrons. The van der Waals surface area contributed by atoms with Crippen LogP contribution >= 0.6 is 0 Å². The molecule has 0 spiro atoms. The number of hydrogen-bond acceptors (Lipinski definition) is 4. The van der Waals surface area contributed by atoms with Crippen molar-refractivity contribution in [3.63, 3.8) is 0 Å². The molecule has 24 heavy (non-hydrogen) atoms. The van der Waals surface area contributed by atoms with E-state index in [1.165, 1.54) is 19.2 Å². The maximum absolute atomic E-state index is 12.5. The summed E-state index contributed by atoms with van der Waals surface area (Å²) in [6.45, 7) is -0.865. The summed E-state index contributed by atoms with van der Waals surface area (Å²) in [7, 11) is 1.40. The minimum absolute atomic E-state index is 0.158. The fourth-order valence-corrected chi connectivity index (χ4v) is 1.49. The number of benzene rings is 1. The van der Waals surface area contributed by atoms with Crippen LogP contribution in [0.5, 0.6) is 0 Å². The molecule has 0 atom stereocenters. The molecule has 0 aliphatic heterocycles. The zero-order chi connectivity index (χ0) is 18.2. The first-order valence-corrected chi connectivity index (χ1v) is 6.71. The van der Waals surface area contributed by atoms with E-state index in [2.05, 4.69) is 15.4 Å². The molecule has 0 unspecified atom stereocenters. The van der Waals surface area contributed by atoms with Crippen LogP contribution in [0.2, 0.25) is 0 Å². The minimum Gasteiger partial charge on any atom is -0.452 e. The van der Waals surface area contributed by atoms with Crippen molar-refractivity contribution in [2.24, 2.45) is 0 Å². The van der Waals surface area contributed by atoms with E-state index >= 15 is 0 Å². The van der Waals surface area contributed by atoms with Gasteiger partial charge in [0.25, 0.3) is 5.91 Å². The van der Waals surface area contributed by atoms with Crippen LogP contribution in [0.15, 0.2) is 30.3 Å². The number of hydrogen-bond donors (Lipinski definition) is 2. The van der Waals surface area contributed by atoms with Gasteiger partial charge in [0.15, 0.2) is 6.61 Å². The Morgan fingerprint density at radius 3 is 2.54 bits per heavy atom. The second-order valence-corrected chi connectivity index (χ2v) is 4.51. The number of carbonyl (C=O) groups excluding carboxylic acids is 3. The molecule has 0 radical (unpaired) electrons. The first-order chi connectivity index (χ1) is 11.2. The quantitative estimate of drug-likeness (QED) is 0.598. The molecule has 0 saturated heterocycles. The third kappa shape index (κ3) is 6.95. The van der Waals surface area contributed by atoms with Gasteiger partial charge in [0.1, 0.15) is 0 Å².